The van der Waals surface area contributed by atoms with Crippen molar-refractivity contribution in [3.8, 4) is 5.88 Å². The number of ether oxygens (including phenoxy) is 1. The Morgan fingerprint density at radius 3 is 2.95 bits per heavy atom. The summed E-state index contributed by atoms with van der Waals surface area (Å²) in [7, 11) is 0. The molecule has 0 radical (unpaired) electrons. The maximum absolute atomic E-state index is 12.0. The third-order valence-corrected chi connectivity index (χ3v) is 3.76. The molecule has 1 aliphatic rings. The lowest BCUT2D eigenvalue weighted by atomic mass is 9.80. The number of rotatable bonds is 6. The van der Waals surface area contributed by atoms with Gasteiger partial charge in [0.05, 0.1) is 11.7 Å². The topological polar surface area (TPSA) is 71.5 Å². The minimum absolute atomic E-state index is 0.0662. The molecule has 20 heavy (non-hydrogen) atoms. The summed E-state index contributed by atoms with van der Waals surface area (Å²) in [6.07, 6.45) is 5.04. The Kier molecular flexibility index (Phi) is 4.60. The fourth-order valence-corrected chi connectivity index (χ4v) is 2.01. The van der Waals surface area contributed by atoms with Crippen molar-refractivity contribution in [3.05, 3.63) is 23.9 Å². The standard InChI is InChI=1S/C15H22N2O3/c1-3-11(2)20-13-9-12(5-8-16-13)14(18)17-10-15(19)6-4-7-15/h5,8-9,11,19H,3-4,6-7,10H2,1-2H3,(H,17,18). The Morgan fingerprint density at radius 2 is 2.35 bits per heavy atom. The van der Waals surface area contributed by atoms with Gasteiger partial charge in [-0.25, -0.2) is 4.98 Å². The molecule has 1 atom stereocenters. The average Bonchev–Trinajstić information content (AvgIpc) is 2.42. The van der Waals surface area contributed by atoms with Crippen LogP contribution in [0.25, 0.3) is 0 Å². The van der Waals surface area contributed by atoms with E-state index < -0.39 is 5.60 Å². The van der Waals surface area contributed by atoms with Crippen LogP contribution in [0.4, 0.5) is 0 Å². The van der Waals surface area contributed by atoms with E-state index in [4.69, 9.17) is 4.74 Å². The van der Waals surface area contributed by atoms with Crippen LogP contribution >= 0.6 is 0 Å². The molecule has 5 heteroatoms. The molecular formula is C15H22N2O3. The monoisotopic (exact) mass is 278 g/mol. The van der Waals surface area contributed by atoms with E-state index in [2.05, 4.69) is 10.3 Å². The first-order valence-electron chi connectivity index (χ1n) is 7.16. The Bertz CT molecular complexity index is 472. The van der Waals surface area contributed by atoms with E-state index in [0.717, 1.165) is 25.7 Å². The largest absolute Gasteiger partial charge is 0.475 e. The number of pyridine rings is 1. The van der Waals surface area contributed by atoms with Gasteiger partial charge in [-0.2, -0.15) is 0 Å². The summed E-state index contributed by atoms with van der Waals surface area (Å²) >= 11 is 0. The highest BCUT2D eigenvalue weighted by Gasteiger charge is 2.34. The van der Waals surface area contributed by atoms with Crippen LogP contribution in [-0.2, 0) is 0 Å². The molecule has 0 saturated heterocycles. The van der Waals surface area contributed by atoms with Gasteiger partial charge in [0.25, 0.3) is 5.91 Å². The molecule has 0 aliphatic heterocycles. The van der Waals surface area contributed by atoms with Crippen LogP contribution < -0.4 is 10.1 Å². The molecule has 110 valence electrons. The van der Waals surface area contributed by atoms with E-state index in [0.29, 0.717) is 18.0 Å². The summed E-state index contributed by atoms with van der Waals surface area (Å²) in [4.78, 5) is 16.1. The van der Waals surface area contributed by atoms with Crippen molar-refractivity contribution in [1.29, 1.82) is 0 Å². The highest BCUT2D eigenvalue weighted by atomic mass is 16.5. The molecular weight excluding hydrogens is 256 g/mol. The predicted molar refractivity (Wildman–Crippen MR) is 75.8 cm³/mol. The van der Waals surface area contributed by atoms with Gasteiger partial charge in [0.2, 0.25) is 5.88 Å². The second-order valence-corrected chi connectivity index (χ2v) is 5.48. The fourth-order valence-electron chi connectivity index (χ4n) is 2.01. The van der Waals surface area contributed by atoms with Gasteiger partial charge in [0.15, 0.2) is 0 Å². The lowest BCUT2D eigenvalue weighted by Crippen LogP contribution is -2.47. The van der Waals surface area contributed by atoms with Crippen molar-refractivity contribution in [1.82, 2.24) is 10.3 Å². The number of hydrogen-bond acceptors (Lipinski definition) is 4. The Morgan fingerprint density at radius 1 is 1.60 bits per heavy atom. The molecule has 2 rings (SSSR count). The number of nitrogens with zero attached hydrogens (tertiary/aromatic N) is 1. The number of amides is 1. The Labute approximate surface area is 119 Å². The van der Waals surface area contributed by atoms with Crippen LogP contribution in [0.2, 0.25) is 0 Å². The lowest BCUT2D eigenvalue weighted by molar-refractivity contribution is -0.0300. The van der Waals surface area contributed by atoms with Crippen LogP contribution in [0.3, 0.4) is 0 Å². The van der Waals surface area contributed by atoms with Gasteiger partial charge >= 0.3 is 0 Å². The molecule has 1 unspecified atom stereocenters. The highest BCUT2D eigenvalue weighted by Crippen LogP contribution is 2.30. The van der Waals surface area contributed by atoms with Gasteiger partial charge in [-0.3, -0.25) is 4.79 Å². The quantitative estimate of drug-likeness (QED) is 0.833. The summed E-state index contributed by atoms with van der Waals surface area (Å²) in [6, 6.07) is 3.27. The number of hydrogen-bond donors (Lipinski definition) is 2. The smallest absolute Gasteiger partial charge is 0.251 e. The summed E-state index contributed by atoms with van der Waals surface area (Å²) in [5.41, 5.74) is -0.208. The summed E-state index contributed by atoms with van der Waals surface area (Å²) in [5.74, 6) is 0.246. The molecule has 1 amide bonds. The first kappa shape index (κ1) is 14.8. The second kappa shape index (κ2) is 6.22. The highest BCUT2D eigenvalue weighted by molar-refractivity contribution is 5.94. The zero-order valence-corrected chi connectivity index (χ0v) is 12.1. The number of carbonyl (C=O) groups excluding carboxylic acids is 1. The van der Waals surface area contributed by atoms with Gasteiger partial charge in [0, 0.05) is 24.4 Å². The van der Waals surface area contributed by atoms with Crippen LogP contribution in [0, 0.1) is 0 Å². The third kappa shape index (κ3) is 3.70. The van der Waals surface area contributed by atoms with Gasteiger partial charge in [-0.15, -0.1) is 0 Å². The summed E-state index contributed by atoms with van der Waals surface area (Å²) in [6.45, 7) is 4.29. The van der Waals surface area contributed by atoms with E-state index in [1.165, 1.54) is 0 Å². The molecule has 2 N–H and O–H groups in total. The van der Waals surface area contributed by atoms with E-state index in [1.54, 1.807) is 18.3 Å². The number of nitrogens with one attached hydrogen (secondary N) is 1. The molecule has 1 heterocycles. The molecule has 1 aromatic rings. The molecule has 0 bridgehead atoms. The van der Waals surface area contributed by atoms with Crippen LogP contribution in [0.1, 0.15) is 49.9 Å². The first-order valence-corrected chi connectivity index (χ1v) is 7.16. The normalized spacial score (nSPS) is 17.9. The van der Waals surface area contributed by atoms with Crippen molar-refractivity contribution in [2.24, 2.45) is 0 Å². The van der Waals surface area contributed by atoms with Crippen molar-refractivity contribution < 1.29 is 14.6 Å². The maximum atomic E-state index is 12.0. The van der Waals surface area contributed by atoms with Gasteiger partial charge in [0.1, 0.15) is 0 Å². The van der Waals surface area contributed by atoms with Gasteiger partial charge in [-0.1, -0.05) is 6.92 Å². The van der Waals surface area contributed by atoms with Crippen LogP contribution in [-0.4, -0.2) is 34.2 Å². The SMILES string of the molecule is CCC(C)Oc1cc(C(=O)NCC2(O)CCC2)ccn1. The molecule has 1 saturated carbocycles. The van der Waals surface area contributed by atoms with Crippen molar-refractivity contribution in [2.45, 2.75) is 51.2 Å². The van der Waals surface area contributed by atoms with E-state index >= 15 is 0 Å². The van der Waals surface area contributed by atoms with E-state index in [1.807, 2.05) is 13.8 Å². The fraction of sp³-hybridized carbons (Fsp3) is 0.600. The van der Waals surface area contributed by atoms with E-state index in [-0.39, 0.29) is 12.0 Å². The number of carbonyl (C=O) groups is 1. The van der Waals surface area contributed by atoms with Crippen molar-refractivity contribution in [3.63, 3.8) is 0 Å². The van der Waals surface area contributed by atoms with Crippen molar-refractivity contribution >= 4 is 5.91 Å². The molecule has 0 aromatic carbocycles. The summed E-state index contributed by atoms with van der Waals surface area (Å²) in [5, 5.41) is 12.7. The molecule has 5 nitrogen and oxygen atoms in total. The third-order valence-electron chi connectivity index (χ3n) is 3.76. The predicted octanol–water partition coefficient (Wildman–Crippen LogP) is 1.90. The first-order chi connectivity index (χ1) is 9.52. The molecule has 1 aromatic heterocycles. The van der Waals surface area contributed by atoms with Gasteiger partial charge in [-0.05, 0) is 38.7 Å². The lowest BCUT2D eigenvalue weighted by Gasteiger charge is -2.36. The Balaban J connectivity index is 1.93. The minimum Gasteiger partial charge on any atom is -0.475 e. The maximum Gasteiger partial charge on any atom is 0.251 e. The average molecular weight is 278 g/mol. The molecule has 1 fully saturated rings. The number of aliphatic hydroxyl groups is 1. The molecule has 1 aliphatic carbocycles. The number of aromatic nitrogens is 1. The zero-order valence-electron chi connectivity index (χ0n) is 12.1. The van der Waals surface area contributed by atoms with Crippen molar-refractivity contribution in [2.75, 3.05) is 6.54 Å². The van der Waals surface area contributed by atoms with Gasteiger partial charge < -0.3 is 15.2 Å². The van der Waals surface area contributed by atoms with E-state index in [9.17, 15) is 9.90 Å². The van der Waals surface area contributed by atoms with Crippen LogP contribution in [0.5, 0.6) is 5.88 Å². The minimum atomic E-state index is -0.710. The Hall–Kier alpha value is -1.62. The molecule has 0 spiro atoms. The zero-order chi connectivity index (χ0) is 14.6. The van der Waals surface area contributed by atoms with Crippen LogP contribution in [0.15, 0.2) is 18.3 Å². The summed E-state index contributed by atoms with van der Waals surface area (Å²) < 4.78 is 5.59. The second-order valence-electron chi connectivity index (χ2n) is 5.48.